The molecule has 0 amide bonds. The second-order valence-corrected chi connectivity index (χ2v) is 11.5. The zero-order valence-corrected chi connectivity index (χ0v) is 18.7. The molecule has 3 rings (SSSR count). The molecule has 1 heterocycles. The largest absolute Gasteiger partial charge is 0.418 e. The van der Waals surface area contributed by atoms with E-state index in [1.165, 1.54) is 23.1 Å². The Labute approximate surface area is 181 Å². The van der Waals surface area contributed by atoms with E-state index < -0.39 is 26.5 Å². The highest BCUT2D eigenvalue weighted by atomic mass is 32.2. The molecule has 0 unspecified atom stereocenters. The molecule has 1 aromatic carbocycles. The summed E-state index contributed by atoms with van der Waals surface area (Å²) in [5.74, 6) is 0.274. The molecular weight excluding hydrogens is 429 g/mol. The van der Waals surface area contributed by atoms with Gasteiger partial charge in [-0.2, -0.15) is 18.3 Å². The van der Waals surface area contributed by atoms with Crippen LogP contribution in [0.25, 0.3) is 5.69 Å². The number of hydrogen-bond donors (Lipinski definition) is 2. The van der Waals surface area contributed by atoms with Crippen LogP contribution in [0.5, 0.6) is 0 Å². The predicted octanol–water partition coefficient (Wildman–Crippen LogP) is 4.58. The fourth-order valence-corrected chi connectivity index (χ4v) is 4.66. The van der Waals surface area contributed by atoms with Gasteiger partial charge >= 0.3 is 6.18 Å². The monoisotopic (exact) mass is 458 g/mol. The van der Waals surface area contributed by atoms with Gasteiger partial charge in [0.05, 0.1) is 16.0 Å². The Morgan fingerprint density at radius 2 is 1.81 bits per heavy atom. The van der Waals surface area contributed by atoms with Crippen LogP contribution < -0.4 is 10.0 Å². The minimum Gasteiger partial charge on any atom is -0.385 e. The first-order valence-electron chi connectivity index (χ1n) is 10.3. The minimum atomic E-state index is -4.50. The maximum atomic E-state index is 13.6. The summed E-state index contributed by atoms with van der Waals surface area (Å²) in [6.45, 7) is 5.53. The van der Waals surface area contributed by atoms with E-state index >= 15 is 0 Å². The van der Waals surface area contributed by atoms with E-state index in [-0.39, 0.29) is 17.6 Å². The molecule has 6 nitrogen and oxygen atoms in total. The second kappa shape index (κ2) is 8.82. The average Bonchev–Trinajstić information content (AvgIpc) is 3.20. The van der Waals surface area contributed by atoms with E-state index in [1.807, 2.05) is 0 Å². The van der Waals surface area contributed by atoms with Gasteiger partial charge in [0.2, 0.25) is 10.0 Å². The number of halogens is 3. The average molecular weight is 459 g/mol. The van der Waals surface area contributed by atoms with Crippen molar-refractivity contribution in [1.29, 1.82) is 0 Å². The topological polar surface area (TPSA) is 76.0 Å². The summed E-state index contributed by atoms with van der Waals surface area (Å²) in [7, 11) is -3.39. The lowest BCUT2D eigenvalue weighted by Gasteiger charge is -2.31. The molecule has 0 bridgehead atoms. The van der Waals surface area contributed by atoms with Crippen molar-refractivity contribution in [3.63, 3.8) is 0 Å². The molecule has 0 atom stereocenters. The Balaban J connectivity index is 1.59. The molecule has 1 aliphatic rings. The standard InChI is InChI=1S/C21H29F3N4O2S/c1-20(2,3)31(29,30)27-16-7-5-15(6-8-16)14-25-17-9-10-19(28-12-4-11-26-28)18(13-17)21(22,23)24/h4,9-13,15-16,25,27H,5-8,14H2,1-3H3. The molecule has 1 fully saturated rings. The highest BCUT2D eigenvalue weighted by Gasteiger charge is 2.35. The predicted molar refractivity (Wildman–Crippen MR) is 115 cm³/mol. The van der Waals surface area contributed by atoms with Crippen molar-refractivity contribution in [1.82, 2.24) is 14.5 Å². The van der Waals surface area contributed by atoms with E-state index in [2.05, 4.69) is 15.1 Å². The first-order valence-corrected chi connectivity index (χ1v) is 11.8. The van der Waals surface area contributed by atoms with Gasteiger partial charge < -0.3 is 5.32 Å². The summed E-state index contributed by atoms with van der Waals surface area (Å²) in [6.07, 6.45) is 1.46. The van der Waals surface area contributed by atoms with Crippen molar-refractivity contribution in [2.45, 2.75) is 63.4 Å². The normalized spacial score (nSPS) is 20.6. The number of hydrogen-bond acceptors (Lipinski definition) is 4. The zero-order chi connectivity index (χ0) is 22.9. The van der Waals surface area contributed by atoms with Gasteiger partial charge in [-0.05, 0) is 76.6 Å². The molecule has 10 heteroatoms. The Hall–Kier alpha value is -2.07. The summed E-state index contributed by atoms with van der Waals surface area (Å²) >= 11 is 0. The second-order valence-electron chi connectivity index (χ2n) is 9.01. The van der Waals surface area contributed by atoms with E-state index in [1.54, 1.807) is 32.9 Å². The molecule has 1 saturated carbocycles. The summed E-state index contributed by atoms with van der Waals surface area (Å²) < 4.78 is 68.4. The quantitative estimate of drug-likeness (QED) is 0.665. The Morgan fingerprint density at radius 3 is 2.35 bits per heavy atom. The Kier molecular flexibility index (Phi) is 6.71. The maximum Gasteiger partial charge on any atom is 0.418 e. The number of alkyl halides is 3. The molecule has 2 N–H and O–H groups in total. The van der Waals surface area contributed by atoms with Crippen LogP contribution in [0.2, 0.25) is 0 Å². The lowest BCUT2D eigenvalue weighted by atomic mass is 9.86. The van der Waals surface area contributed by atoms with E-state index in [4.69, 9.17) is 0 Å². The number of anilines is 1. The van der Waals surface area contributed by atoms with E-state index in [9.17, 15) is 21.6 Å². The first kappa shape index (κ1) is 23.6. The number of sulfonamides is 1. The maximum absolute atomic E-state index is 13.6. The molecular formula is C21H29F3N4O2S. The number of nitrogens with one attached hydrogen (secondary N) is 2. The van der Waals surface area contributed by atoms with Gasteiger partial charge in [-0.15, -0.1) is 0 Å². The van der Waals surface area contributed by atoms with Gasteiger partial charge in [-0.3, -0.25) is 0 Å². The molecule has 0 radical (unpaired) electrons. The van der Waals surface area contributed by atoms with Crippen molar-refractivity contribution in [3.05, 3.63) is 42.2 Å². The first-order chi connectivity index (χ1) is 14.4. The summed E-state index contributed by atoms with van der Waals surface area (Å²) in [5.41, 5.74) is -0.366. The third kappa shape index (κ3) is 5.79. The van der Waals surface area contributed by atoms with Crippen molar-refractivity contribution in [2.24, 2.45) is 5.92 Å². The van der Waals surface area contributed by atoms with E-state index in [0.29, 0.717) is 25.1 Å². The highest BCUT2D eigenvalue weighted by molar-refractivity contribution is 7.90. The third-order valence-corrected chi connectivity index (χ3v) is 7.88. The van der Waals surface area contributed by atoms with Crippen LogP contribution in [0, 0.1) is 5.92 Å². The van der Waals surface area contributed by atoms with Gasteiger partial charge in [0.15, 0.2) is 0 Å². The molecule has 31 heavy (non-hydrogen) atoms. The molecule has 2 aromatic rings. The lowest BCUT2D eigenvalue weighted by molar-refractivity contribution is -0.137. The minimum absolute atomic E-state index is 0.0188. The summed E-state index contributed by atoms with van der Waals surface area (Å²) in [6, 6.07) is 5.63. The highest BCUT2D eigenvalue weighted by Crippen LogP contribution is 2.36. The number of rotatable bonds is 6. The lowest BCUT2D eigenvalue weighted by Crippen LogP contribution is -2.46. The van der Waals surface area contributed by atoms with Crippen LogP contribution >= 0.6 is 0 Å². The third-order valence-electron chi connectivity index (χ3n) is 5.62. The van der Waals surface area contributed by atoms with Crippen LogP contribution in [0.3, 0.4) is 0 Å². The van der Waals surface area contributed by atoms with E-state index in [0.717, 1.165) is 18.9 Å². The fourth-order valence-electron chi connectivity index (χ4n) is 3.63. The molecule has 0 spiro atoms. The number of benzene rings is 1. The zero-order valence-electron chi connectivity index (χ0n) is 17.9. The van der Waals surface area contributed by atoms with Gasteiger partial charge in [0, 0.05) is 30.7 Å². The number of nitrogens with zero attached hydrogens (tertiary/aromatic N) is 2. The van der Waals surface area contributed by atoms with Gasteiger partial charge in [0.1, 0.15) is 0 Å². The molecule has 1 aliphatic carbocycles. The molecule has 0 saturated heterocycles. The van der Waals surface area contributed by atoms with Crippen LogP contribution in [0.1, 0.15) is 52.0 Å². The Bertz CT molecular complexity index is 975. The van der Waals surface area contributed by atoms with Gasteiger partial charge in [-0.25, -0.2) is 17.8 Å². The van der Waals surface area contributed by atoms with Gasteiger partial charge in [-0.1, -0.05) is 0 Å². The van der Waals surface area contributed by atoms with Crippen molar-refractivity contribution in [2.75, 3.05) is 11.9 Å². The molecule has 172 valence electrons. The molecule has 0 aliphatic heterocycles. The number of aromatic nitrogens is 2. The van der Waals surface area contributed by atoms with Crippen LogP contribution in [-0.4, -0.2) is 35.5 Å². The van der Waals surface area contributed by atoms with Crippen LogP contribution in [-0.2, 0) is 16.2 Å². The SMILES string of the molecule is CC(C)(C)S(=O)(=O)NC1CCC(CNc2ccc(-n3cccn3)c(C(F)(F)F)c2)CC1. The van der Waals surface area contributed by atoms with Crippen molar-refractivity contribution < 1.29 is 21.6 Å². The summed E-state index contributed by atoms with van der Waals surface area (Å²) in [5, 5.41) is 7.02. The van der Waals surface area contributed by atoms with Crippen molar-refractivity contribution >= 4 is 15.7 Å². The fraction of sp³-hybridized carbons (Fsp3) is 0.571. The molecule has 1 aromatic heterocycles. The van der Waals surface area contributed by atoms with Gasteiger partial charge in [0.25, 0.3) is 0 Å². The Morgan fingerprint density at radius 1 is 1.13 bits per heavy atom. The smallest absolute Gasteiger partial charge is 0.385 e. The van der Waals surface area contributed by atoms with Crippen LogP contribution in [0.15, 0.2) is 36.7 Å². The van der Waals surface area contributed by atoms with Crippen LogP contribution in [0.4, 0.5) is 18.9 Å². The summed E-state index contributed by atoms with van der Waals surface area (Å²) in [4.78, 5) is 0. The van der Waals surface area contributed by atoms with Crippen molar-refractivity contribution in [3.8, 4) is 5.69 Å².